The molecule has 0 spiro atoms. The van der Waals surface area contributed by atoms with E-state index in [0.29, 0.717) is 53.7 Å². The highest BCUT2D eigenvalue weighted by atomic mass is 35.5. The number of alkyl halides is 6. The van der Waals surface area contributed by atoms with Crippen molar-refractivity contribution in [2.75, 3.05) is 13.7 Å². The fourth-order valence-corrected chi connectivity index (χ4v) is 6.61. The Morgan fingerprint density at radius 3 is 2.21 bits per heavy atom. The van der Waals surface area contributed by atoms with Gasteiger partial charge < -0.3 is 9.47 Å². The summed E-state index contributed by atoms with van der Waals surface area (Å²) in [6, 6.07) is 9.23. The van der Waals surface area contributed by atoms with E-state index in [1.54, 1.807) is 18.2 Å². The monoisotopic (exact) mass is 697 g/mol. The molecule has 1 amide bonds. The molecule has 1 aliphatic carbocycles. The third kappa shape index (κ3) is 7.18. The molecule has 1 aliphatic heterocycles. The number of methoxy groups -OCH3 is 1. The Balaban J connectivity index is 1.52. The first kappa shape index (κ1) is 35.3. The lowest BCUT2D eigenvalue weighted by Crippen LogP contribution is -2.35. The van der Waals surface area contributed by atoms with Crippen LogP contribution in [-0.2, 0) is 21.8 Å². The fourth-order valence-electron chi connectivity index (χ4n) is 6.32. The molecule has 48 heavy (non-hydrogen) atoms. The van der Waals surface area contributed by atoms with Gasteiger partial charge in [-0.25, -0.2) is 14.0 Å². The van der Waals surface area contributed by atoms with Crippen LogP contribution < -0.4 is 0 Å². The molecule has 5 nitrogen and oxygen atoms in total. The number of nitrogens with zero attached hydrogens (tertiary/aromatic N) is 1. The number of halogens is 8. The summed E-state index contributed by atoms with van der Waals surface area (Å²) in [5, 5.41) is 0.234. The first-order chi connectivity index (χ1) is 22.3. The van der Waals surface area contributed by atoms with Crippen LogP contribution in [-0.4, -0.2) is 36.7 Å². The van der Waals surface area contributed by atoms with E-state index in [1.165, 1.54) is 37.1 Å². The standard InChI is InChI=1S/C35H31ClF7NO4/c1-18-30(21-11-23(34(38,39)40)15-24(12-21)35(41,42)43)48-32(46)44(18)17-22-16-33(2,3)10-9-25(22)27-13-19(6-8-29(27)37)26-7-5-20(14-28(26)36)31(45)47-4/h5-8,11-15,18,30H,9-10,16-17H2,1-4H3/t18?,30-/m0/s1. The highest BCUT2D eigenvalue weighted by Gasteiger charge is 2.44. The minimum Gasteiger partial charge on any atom is -0.465 e. The predicted octanol–water partition coefficient (Wildman–Crippen LogP) is 10.5. The molecule has 1 fully saturated rings. The second-order valence-corrected chi connectivity index (χ2v) is 13.2. The van der Waals surface area contributed by atoms with Crippen molar-refractivity contribution in [1.29, 1.82) is 0 Å². The molecule has 0 saturated carbocycles. The molecule has 5 rings (SSSR count). The number of allylic oxidation sites excluding steroid dienone is 1. The lowest BCUT2D eigenvalue weighted by atomic mass is 9.72. The number of carbonyl (C=O) groups is 2. The van der Waals surface area contributed by atoms with Crippen LogP contribution >= 0.6 is 11.6 Å². The number of hydrogen-bond donors (Lipinski definition) is 0. The molecule has 2 atom stereocenters. The van der Waals surface area contributed by atoms with Gasteiger partial charge in [-0.1, -0.05) is 37.6 Å². The summed E-state index contributed by atoms with van der Waals surface area (Å²) in [5.41, 5.74) is -0.828. The highest BCUT2D eigenvalue weighted by molar-refractivity contribution is 6.33. The molecule has 3 aromatic carbocycles. The van der Waals surface area contributed by atoms with E-state index in [-0.39, 0.29) is 34.2 Å². The van der Waals surface area contributed by atoms with Gasteiger partial charge in [0.25, 0.3) is 0 Å². The summed E-state index contributed by atoms with van der Waals surface area (Å²) in [5.74, 6) is -1.11. The second-order valence-electron chi connectivity index (χ2n) is 12.8. The maximum Gasteiger partial charge on any atom is 0.416 e. The van der Waals surface area contributed by atoms with Crippen LogP contribution in [0, 0.1) is 11.2 Å². The average molecular weight is 698 g/mol. The van der Waals surface area contributed by atoms with E-state index < -0.39 is 59.1 Å². The van der Waals surface area contributed by atoms with Crippen LogP contribution in [0.5, 0.6) is 0 Å². The van der Waals surface area contributed by atoms with Gasteiger partial charge in [-0.15, -0.1) is 0 Å². The van der Waals surface area contributed by atoms with Gasteiger partial charge >= 0.3 is 24.4 Å². The molecule has 256 valence electrons. The van der Waals surface area contributed by atoms with E-state index >= 15 is 4.39 Å². The van der Waals surface area contributed by atoms with E-state index in [2.05, 4.69) is 0 Å². The van der Waals surface area contributed by atoms with Crippen molar-refractivity contribution in [3.63, 3.8) is 0 Å². The summed E-state index contributed by atoms with van der Waals surface area (Å²) in [6.45, 7) is 5.42. The molecule has 13 heteroatoms. The van der Waals surface area contributed by atoms with E-state index in [9.17, 15) is 35.9 Å². The average Bonchev–Trinajstić information content (AvgIpc) is 3.28. The van der Waals surface area contributed by atoms with Gasteiger partial charge in [-0.05, 0) is 96.3 Å². The van der Waals surface area contributed by atoms with Gasteiger partial charge in [0.05, 0.1) is 29.8 Å². The number of ether oxygens (including phenoxy) is 2. The zero-order chi connectivity index (χ0) is 35.3. The smallest absolute Gasteiger partial charge is 0.416 e. The summed E-state index contributed by atoms with van der Waals surface area (Å²) >= 11 is 6.49. The minimum absolute atomic E-state index is 0.0211. The van der Waals surface area contributed by atoms with Gasteiger partial charge in [0, 0.05) is 22.7 Å². The van der Waals surface area contributed by atoms with E-state index in [1.807, 2.05) is 13.8 Å². The van der Waals surface area contributed by atoms with Crippen molar-refractivity contribution in [1.82, 2.24) is 4.90 Å². The Labute approximate surface area is 277 Å². The van der Waals surface area contributed by atoms with Crippen molar-refractivity contribution in [3.8, 4) is 11.1 Å². The maximum absolute atomic E-state index is 15.6. The number of hydrogen-bond acceptors (Lipinski definition) is 4. The van der Waals surface area contributed by atoms with Crippen LogP contribution in [0.15, 0.2) is 60.2 Å². The van der Waals surface area contributed by atoms with Gasteiger partial charge in [-0.3, -0.25) is 4.90 Å². The van der Waals surface area contributed by atoms with Crippen molar-refractivity contribution in [3.05, 3.63) is 98.8 Å². The third-order valence-corrected chi connectivity index (χ3v) is 9.17. The maximum atomic E-state index is 15.6. The van der Waals surface area contributed by atoms with E-state index in [4.69, 9.17) is 21.1 Å². The molecule has 0 N–H and O–H groups in total. The molecule has 0 radical (unpaired) electrons. The SMILES string of the molecule is COC(=O)c1ccc(-c2ccc(F)c(C3=C(CN4C(=O)O[C@H](c5cc(C(F)(F)F)cc(C(F)(F)F)c5)C4C)CC(C)(C)CC3)c2)c(Cl)c1. The Bertz CT molecular complexity index is 1770. The number of esters is 1. The number of carbonyl (C=O) groups excluding carboxylic acids is 2. The van der Waals surface area contributed by atoms with Crippen molar-refractivity contribution >= 4 is 29.2 Å². The molecule has 1 saturated heterocycles. The lowest BCUT2D eigenvalue weighted by molar-refractivity contribution is -0.143. The number of rotatable bonds is 6. The molecule has 0 aromatic heterocycles. The first-order valence-corrected chi connectivity index (χ1v) is 15.3. The Hall–Kier alpha value is -4.06. The Morgan fingerprint density at radius 1 is 0.979 bits per heavy atom. The summed E-state index contributed by atoms with van der Waals surface area (Å²) < 4.78 is 107. The zero-order valence-corrected chi connectivity index (χ0v) is 27.0. The number of benzene rings is 3. The zero-order valence-electron chi connectivity index (χ0n) is 26.3. The molecule has 3 aromatic rings. The lowest BCUT2D eigenvalue weighted by Gasteiger charge is -2.35. The van der Waals surface area contributed by atoms with Crippen LogP contribution in [0.25, 0.3) is 16.7 Å². The first-order valence-electron chi connectivity index (χ1n) is 14.9. The predicted molar refractivity (Wildman–Crippen MR) is 165 cm³/mol. The summed E-state index contributed by atoms with van der Waals surface area (Å²) in [4.78, 5) is 26.4. The van der Waals surface area contributed by atoms with E-state index in [0.717, 1.165) is 0 Å². The van der Waals surface area contributed by atoms with Crippen LogP contribution in [0.3, 0.4) is 0 Å². The number of amides is 1. The molecule has 1 unspecified atom stereocenters. The Morgan fingerprint density at radius 2 is 1.62 bits per heavy atom. The highest BCUT2D eigenvalue weighted by Crippen LogP contribution is 2.46. The second kappa shape index (κ2) is 12.8. The van der Waals surface area contributed by atoms with Crippen LogP contribution in [0.1, 0.15) is 78.7 Å². The van der Waals surface area contributed by atoms with Crippen LogP contribution in [0.4, 0.5) is 35.5 Å². The molecule has 0 bridgehead atoms. The summed E-state index contributed by atoms with van der Waals surface area (Å²) in [6.07, 6.45) is -10.9. The molecule has 1 heterocycles. The molecular weight excluding hydrogens is 667 g/mol. The quantitative estimate of drug-likeness (QED) is 0.190. The summed E-state index contributed by atoms with van der Waals surface area (Å²) in [7, 11) is 1.24. The molecular formula is C35H31ClF7NO4. The number of cyclic esters (lactones) is 1. The largest absolute Gasteiger partial charge is 0.465 e. The topological polar surface area (TPSA) is 55.8 Å². The van der Waals surface area contributed by atoms with Crippen molar-refractivity contribution < 1.29 is 49.8 Å². The van der Waals surface area contributed by atoms with Gasteiger partial charge in [0.2, 0.25) is 0 Å². The normalized spacial score (nSPS) is 19.8. The molecule has 2 aliphatic rings. The third-order valence-electron chi connectivity index (χ3n) is 8.85. The van der Waals surface area contributed by atoms with Gasteiger partial charge in [0.15, 0.2) is 0 Å². The van der Waals surface area contributed by atoms with Gasteiger partial charge in [-0.2, -0.15) is 26.3 Å². The van der Waals surface area contributed by atoms with Crippen molar-refractivity contribution in [2.24, 2.45) is 5.41 Å². The van der Waals surface area contributed by atoms with Crippen LogP contribution in [0.2, 0.25) is 5.02 Å². The van der Waals surface area contributed by atoms with Gasteiger partial charge in [0.1, 0.15) is 11.9 Å². The Kier molecular flexibility index (Phi) is 9.37. The fraction of sp³-hybridized carbons (Fsp3) is 0.371. The van der Waals surface area contributed by atoms with Crippen molar-refractivity contribution in [2.45, 2.75) is 64.5 Å². The minimum atomic E-state index is -5.07.